The molecule has 0 saturated heterocycles. The van der Waals surface area contributed by atoms with Crippen molar-refractivity contribution in [2.75, 3.05) is 25.0 Å². The summed E-state index contributed by atoms with van der Waals surface area (Å²) in [6, 6.07) is 3.27. The van der Waals surface area contributed by atoms with Gasteiger partial charge in [-0.05, 0) is 12.1 Å². The Balaban J connectivity index is 1.90. The van der Waals surface area contributed by atoms with Gasteiger partial charge in [0.1, 0.15) is 12.5 Å². The Kier molecular flexibility index (Phi) is 4.18. The second kappa shape index (κ2) is 6.42. The van der Waals surface area contributed by atoms with E-state index in [0.717, 1.165) is 5.39 Å². The van der Waals surface area contributed by atoms with Crippen molar-refractivity contribution in [2.24, 2.45) is 4.99 Å². The number of aldehydes is 1. The lowest BCUT2D eigenvalue weighted by molar-refractivity contribution is -0.107. The summed E-state index contributed by atoms with van der Waals surface area (Å²) < 4.78 is 13.1. The summed E-state index contributed by atoms with van der Waals surface area (Å²) in [6.45, 7) is 0.206. The van der Waals surface area contributed by atoms with Crippen molar-refractivity contribution >= 4 is 34.7 Å². The Bertz CT molecular complexity index is 772. The largest absolute Gasteiger partial charge is 0.353 e. The topological polar surface area (TPSA) is 111 Å². The van der Waals surface area contributed by atoms with Gasteiger partial charge in [-0.3, -0.25) is 9.89 Å². The highest BCUT2D eigenvalue weighted by atomic mass is 19.1. The fourth-order valence-electron chi connectivity index (χ4n) is 2.25. The van der Waals surface area contributed by atoms with Gasteiger partial charge in [0.15, 0.2) is 5.96 Å². The highest BCUT2D eigenvalue weighted by Gasteiger charge is 2.16. The van der Waals surface area contributed by atoms with Crippen molar-refractivity contribution in [3.05, 3.63) is 23.9 Å². The first-order chi connectivity index (χ1) is 11.2. The van der Waals surface area contributed by atoms with Crippen LogP contribution in [-0.4, -0.2) is 54.2 Å². The molecule has 0 saturated carbocycles. The van der Waals surface area contributed by atoms with Gasteiger partial charge in [-0.25, -0.2) is 9.38 Å². The number of anilines is 1. The van der Waals surface area contributed by atoms with Crippen molar-refractivity contribution in [2.45, 2.75) is 6.17 Å². The van der Waals surface area contributed by atoms with Gasteiger partial charge in [-0.2, -0.15) is 5.10 Å². The minimum absolute atomic E-state index is 0.0608. The molecular weight excluding hydrogens is 303 g/mol. The van der Waals surface area contributed by atoms with Gasteiger partial charge >= 0.3 is 0 Å². The number of rotatable bonds is 4. The van der Waals surface area contributed by atoms with E-state index in [1.54, 1.807) is 18.3 Å². The lowest BCUT2D eigenvalue weighted by atomic mass is 10.1. The molecule has 0 radical (unpaired) electrons. The smallest absolute Gasteiger partial charge is 0.251 e. The number of nitrogens with one attached hydrogen (secondary N) is 4. The van der Waals surface area contributed by atoms with Crippen LogP contribution in [-0.2, 0) is 4.79 Å². The molecule has 0 spiro atoms. The van der Waals surface area contributed by atoms with E-state index >= 15 is 0 Å². The Labute approximate surface area is 130 Å². The number of fused-ring (bicyclic) bond motifs is 1. The van der Waals surface area contributed by atoms with E-state index < -0.39 is 6.17 Å². The normalized spacial score (nSPS) is 17.3. The van der Waals surface area contributed by atoms with E-state index in [-0.39, 0.29) is 25.5 Å². The Morgan fingerprint density at radius 1 is 1.48 bits per heavy atom. The molecule has 4 N–H and O–H groups in total. The van der Waals surface area contributed by atoms with Crippen LogP contribution in [0.3, 0.4) is 0 Å². The first kappa shape index (κ1) is 14.9. The zero-order chi connectivity index (χ0) is 16.2. The van der Waals surface area contributed by atoms with Crippen LogP contribution in [0.25, 0.3) is 10.9 Å². The second-order valence-corrected chi connectivity index (χ2v) is 5.02. The number of amides is 1. The summed E-state index contributed by atoms with van der Waals surface area (Å²) in [5.74, 6) is 0.0610. The molecule has 1 aliphatic heterocycles. The number of H-pyrrole nitrogens is 1. The molecule has 3 rings (SSSR count). The standard InChI is InChI=1S/C14H15FN6O2/c15-9-5-17-14(18-6-9)20-11-3-8(13(23)16-1-2-22)4-12-10(11)7-19-21-12/h2-4,7,9H,1,5-6H2,(H,16,23)(H,19,21)(H2,17,18,20). The van der Waals surface area contributed by atoms with Gasteiger partial charge in [0.2, 0.25) is 0 Å². The molecule has 0 fully saturated rings. The Morgan fingerprint density at radius 2 is 2.35 bits per heavy atom. The third-order valence-corrected chi connectivity index (χ3v) is 3.36. The Morgan fingerprint density at radius 3 is 3.09 bits per heavy atom. The van der Waals surface area contributed by atoms with Crippen LogP contribution in [0, 0.1) is 0 Å². The molecule has 1 aromatic heterocycles. The van der Waals surface area contributed by atoms with Gasteiger partial charge in [-0.1, -0.05) is 0 Å². The molecule has 120 valence electrons. The number of carbonyl (C=O) groups excluding carboxylic acids is 2. The summed E-state index contributed by atoms with van der Waals surface area (Å²) in [5, 5.41) is 15.9. The SMILES string of the molecule is O=CCNC(=O)c1cc(NC2=NCC(F)CN2)c2cn[nH]c2c1. The number of carbonyl (C=O) groups is 2. The van der Waals surface area contributed by atoms with Gasteiger partial charge in [0.25, 0.3) is 5.91 Å². The maximum absolute atomic E-state index is 13.1. The van der Waals surface area contributed by atoms with Crippen LogP contribution in [0.5, 0.6) is 0 Å². The van der Waals surface area contributed by atoms with Crippen molar-refractivity contribution in [3.8, 4) is 0 Å². The van der Waals surface area contributed by atoms with E-state index in [9.17, 15) is 14.0 Å². The first-order valence-electron chi connectivity index (χ1n) is 7.05. The number of aromatic nitrogens is 2. The number of aliphatic imine (C=N–C) groups is 1. The van der Waals surface area contributed by atoms with E-state index in [0.29, 0.717) is 29.0 Å². The zero-order valence-electron chi connectivity index (χ0n) is 12.1. The van der Waals surface area contributed by atoms with Crippen LogP contribution >= 0.6 is 0 Å². The Hall–Kier alpha value is -2.97. The number of alkyl halides is 1. The van der Waals surface area contributed by atoms with Crippen LogP contribution in [0.15, 0.2) is 23.3 Å². The monoisotopic (exact) mass is 318 g/mol. The molecule has 1 amide bonds. The lowest BCUT2D eigenvalue weighted by Gasteiger charge is -2.19. The van der Waals surface area contributed by atoms with Gasteiger partial charge < -0.3 is 20.7 Å². The molecule has 0 aliphatic carbocycles. The number of guanidine groups is 1. The third kappa shape index (κ3) is 3.28. The number of aromatic amines is 1. The van der Waals surface area contributed by atoms with Crippen LogP contribution in [0.2, 0.25) is 0 Å². The van der Waals surface area contributed by atoms with E-state index in [4.69, 9.17) is 0 Å². The molecule has 1 atom stereocenters. The third-order valence-electron chi connectivity index (χ3n) is 3.36. The molecule has 8 nitrogen and oxygen atoms in total. The minimum atomic E-state index is -1.00. The number of nitrogens with zero attached hydrogens (tertiary/aromatic N) is 2. The van der Waals surface area contributed by atoms with Crippen molar-refractivity contribution in [1.29, 1.82) is 0 Å². The fourth-order valence-corrected chi connectivity index (χ4v) is 2.25. The van der Waals surface area contributed by atoms with E-state index in [1.807, 2.05) is 0 Å². The fraction of sp³-hybridized carbons (Fsp3) is 0.286. The maximum Gasteiger partial charge on any atom is 0.251 e. The molecular formula is C14H15FN6O2. The molecule has 23 heavy (non-hydrogen) atoms. The molecule has 1 aliphatic rings. The van der Waals surface area contributed by atoms with Crippen molar-refractivity contribution in [3.63, 3.8) is 0 Å². The number of hydrogen-bond donors (Lipinski definition) is 4. The van der Waals surface area contributed by atoms with Crippen molar-refractivity contribution in [1.82, 2.24) is 20.8 Å². The number of halogens is 1. The van der Waals surface area contributed by atoms with Crippen molar-refractivity contribution < 1.29 is 14.0 Å². The summed E-state index contributed by atoms with van der Waals surface area (Å²) in [7, 11) is 0. The first-order valence-corrected chi connectivity index (χ1v) is 7.05. The summed E-state index contributed by atoms with van der Waals surface area (Å²) >= 11 is 0. The average Bonchev–Trinajstić information content (AvgIpc) is 3.03. The molecule has 2 heterocycles. The highest BCUT2D eigenvalue weighted by molar-refractivity contribution is 6.07. The van der Waals surface area contributed by atoms with Crippen LogP contribution in [0.4, 0.5) is 10.1 Å². The molecule has 0 bridgehead atoms. The average molecular weight is 318 g/mol. The maximum atomic E-state index is 13.1. The van der Waals surface area contributed by atoms with Crippen LogP contribution < -0.4 is 16.0 Å². The number of benzene rings is 1. The zero-order valence-corrected chi connectivity index (χ0v) is 12.1. The minimum Gasteiger partial charge on any atom is -0.353 e. The van der Waals surface area contributed by atoms with E-state index in [2.05, 4.69) is 31.1 Å². The second-order valence-electron chi connectivity index (χ2n) is 5.02. The highest BCUT2D eigenvalue weighted by Crippen LogP contribution is 2.24. The predicted octanol–water partition coefficient (Wildman–Crippen LogP) is 0.201. The summed E-state index contributed by atoms with van der Waals surface area (Å²) in [4.78, 5) is 26.5. The van der Waals surface area contributed by atoms with Gasteiger partial charge in [0.05, 0.1) is 37.0 Å². The molecule has 1 aromatic carbocycles. The quantitative estimate of drug-likeness (QED) is 0.602. The summed E-state index contributed by atoms with van der Waals surface area (Å²) in [6.07, 6.45) is 1.22. The van der Waals surface area contributed by atoms with Gasteiger partial charge in [-0.15, -0.1) is 0 Å². The van der Waals surface area contributed by atoms with Crippen LogP contribution in [0.1, 0.15) is 10.4 Å². The summed E-state index contributed by atoms with van der Waals surface area (Å²) in [5.41, 5.74) is 1.63. The number of hydrogen-bond acceptors (Lipinski definition) is 6. The van der Waals surface area contributed by atoms with E-state index in [1.165, 1.54) is 0 Å². The molecule has 1 unspecified atom stereocenters. The molecule has 9 heteroatoms. The van der Waals surface area contributed by atoms with Gasteiger partial charge in [0, 0.05) is 10.9 Å². The predicted molar refractivity (Wildman–Crippen MR) is 83.3 cm³/mol. The lowest BCUT2D eigenvalue weighted by Crippen LogP contribution is -2.41. The molecule has 2 aromatic rings.